The molecule has 0 fully saturated rings. The summed E-state index contributed by atoms with van der Waals surface area (Å²) in [6, 6.07) is 0. The Morgan fingerprint density at radius 3 is 2.17 bits per heavy atom. The van der Waals surface area contributed by atoms with E-state index in [1.165, 1.54) is 0 Å². The van der Waals surface area contributed by atoms with Crippen molar-refractivity contribution < 1.29 is 19.5 Å². The van der Waals surface area contributed by atoms with E-state index in [0.29, 0.717) is 5.01 Å². The van der Waals surface area contributed by atoms with E-state index in [0.717, 1.165) is 6.92 Å². The van der Waals surface area contributed by atoms with Crippen molar-refractivity contribution in [2.24, 2.45) is 5.84 Å². The Morgan fingerprint density at radius 2 is 1.83 bits per heavy atom. The lowest BCUT2D eigenvalue weighted by molar-refractivity contribution is -0.146. The van der Waals surface area contributed by atoms with Crippen LogP contribution in [-0.4, -0.2) is 27.9 Å². The number of imide groups is 1. The Bertz CT molecular complexity index is 214. The standard InChI is InChI=1S/C6H10N2O4/c1-4(9)8(7)5(10)2-3-6(11)12/h2-3,7H2,1H3,(H,11,12). The molecule has 0 aliphatic heterocycles. The maximum Gasteiger partial charge on any atom is 0.303 e. The molecule has 6 heteroatoms. The maximum atomic E-state index is 10.8. The molecule has 0 rings (SSSR count). The summed E-state index contributed by atoms with van der Waals surface area (Å²) < 4.78 is 0. The van der Waals surface area contributed by atoms with E-state index in [-0.39, 0.29) is 12.8 Å². The molecule has 0 aromatic carbocycles. The summed E-state index contributed by atoms with van der Waals surface area (Å²) >= 11 is 0. The van der Waals surface area contributed by atoms with Crippen LogP contribution in [0.1, 0.15) is 19.8 Å². The fourth-order valence-corrected chi connectivity index (χ4v) is 0.510. The van der Waals surface area contributed by atoms with Gasteiger partial charge in [0.15, 0.2) is 0 Å². The minimum absolute atomic E-state index is 0.259. The second-order valence-corrected chi connectivity index (χ2v) is 2.18. The van der Waals surface area contributed by atoms with Gasteiger partial charge in [0.05, 0.1) is 6.42 Å². The van der Waals surface area contributed by atoms with Gasteiger partial charge in [0.25, 0.3) is 0 Å². The van der Waals surface area contributed by atoms with Crippen molar-refractivity contribution >= 4 is 17.8 Å². The van der Waals surface area contributed by atoms with Crippen molar-refractivity contribution in [1.29, 1.82) is 0 Å². The molecule has 0 saturated carbocycles. The topological polar surface area (TPSA) is 101 Å². The minimum Gasteiger partial charge on any atom is -0.481 e. The number of carbonyl (C=O) groups excluding carboxylic acids is 2. The number of hydrogen-bond donors (Lipinski definition) is 2. The van der Waals surface area contributed by atoms with E-state index in [2.05, 4.69) is 0 Å². The van der Waals surface area contributed by atoms with Gasteiger partial charge in [0.1, 0.15) is 0 Å². The van der Waals surface area contributed by atoms with Gasteiger partial charge in [-0.3, -0.25) is 14.4 Å². The SMILES string of the molecule is CC(=O)N(N)C(=O)CCC(=O)O. The Morgan fingerprint density at radius 1 is 1.33 bits per heavy atom. The first-order valence-corrected chi connectivity index (χ1v) is 3.25. The number of amides is 2. The molecular formula is C6H10N2O4. The quantitative estimate of drug-likeness (QED) is 0.328. The molecule has 0 heterocycles. The highest BCUT2D eigenvalue weighted by molar-refractivity contribution is 5.94. The Kier molecular flexibility index (Phi) is 3.92. The fraction of sp³-hybridized carbons (Fsp3) is 0.500. The van der Waals surface area contributed by atoms with Gasteiger partial charge in [-0.05, 0) is 0 Å². The lowest BCUT2D eigenvalue weighted by atomic mass is 10.3. The van der Waals surface area contributed by atoms with Gasteiger partial charge in [-0.2, -0.15) is 0 Å². The first-order valence-electron chi connectivity index (χ1n) is 3.25. The van der Waals surface area contributed by atoms with Crippen LogP contribution in [0.4, 0.5) is 0 Å². The summed E-state index contributed by atoms with van der Waals surface area (Å²) in [7, 11) is 0. The van der Waals surface area contributed by atoms with E-state index in [1.807, 2.05) is 0 Å². The van der Waals surface area contributed by atoms with Crippen LogP contribution in [0.3, 0.4) is 0 Å². The van der Waals surface area contributed by atoms with Crippen LogP contribution < -0.4 is 5.84 Å². The van der Waals surface area contributed by atoms with Crippen molar-refractivity contribution in [3.63, 3.8) is 0 Å². The first-order chi connectivity index (χ1) is 5.45. The third-order valence-corrected chi connectivity index (χ3v) is 1.16. The van der Waals surface area contributed by atoms with Gasteiger partial charge in [-0.25, -0.2) is 10.9 Å². The molecule has 0 atom stereocenters. The first kappa shape index (κ1) is 10.6. The van der Waals surface area contributed by atoms with E-state index in [9.17, 15) is 14.4 Å². The normalized spacial score (nSPS) is 9.17. The van der Waals surface area contributed by atoms with Crippen LogP contribution in [0.15, 0.2) is 0 Å². The fourth-order valence-electron chi connectivity index (χ4n) is 0.510. The zero-order valence-corrected chi connectivity index (χ0v) is 6.61. The molecule has 0 bridgehead atoms. The number of rotatable bonds is 3. The Labute approximate surface area is 68.9 Å². The molecule has 6 nitrogen and oxygen atoms in total. The second-order valence-electron chi connectivity index (χ2n) is 2.18. The highest BCUT2D eigenvalue weighted by atomic mass is 16.4. The highest BCUT2D eigenvalue weighted by Gasteiger charge is 2.14. The van der Waals surface area contributed by atoms with Crippen molar-refractivity contribution in [3.8, 4) is 0 Å². The number of hydrogen-bond acceptors (Lipinski definition) is 4. The van der Waals surface area contributed by atoms with Gasteiger partial charge in [-0.15, -0.1) is 0 Å². The van der Waals surface area contributed by atoms with Crippen LogP contribution in [0.2, 0.25) is 0 Å². The molecule has 0 spiro atoms. The van der Waals surface area contributed by atoms with E-state index in [1.54, 1.807) is 0 Å². The largest absolute Gasteiger partial charge is 0.481 e. The van der Waals surface area contributed by atoms with Crippen LogP contribution in [-0.2, 0) is 14.4 Å². The molecule has 0 aliphatic carbocycles. The Balaban J connectivity index is 3.88. The molecule has 2 amide bonds. The molecule has 0 saturated heterocycles. The summed E-state index contributed by atoms with van der Waals surface area (Å²) in [4.78, 5) is 31.3. The molecule has 0 aromatic heterocycles. The third kappa shape index (κ3) is 3.67. The zero-order chi connectivity index (χ0) is 9.72. The van der Waals surface area contributed by atoms with Crippen molar-refractivity contribution in [3.05, 3.63) is 0 Å². The molecular weight excluding hydrogens is 164 g/mol. The van der Waals surface area contributed by atoms with Gasteiger partial charge >= 0.3 is 5.97 Å². The second kappa shape index (κ2) is 4.45. The summed E-state index contributed by atoms with van der Waals surface area (Å²) in [5, 5.41) is 8.59. The number of nitrogens with two attached hydrogens (primary N) is 1. The van der Waals surface area contributed by atoms with Crippen LogP contribution in [0.25, 0.3) is 0 Å². The summed E-state index contributed by atoms with van der Waals surface area (Å²) in [5.41, 5.74) is 0. The van der Waals surface area contributed by atoms with Gasteiger partial charge in [0.2, 0.25) is 11.8 Å². The minimum atomic E-state index is -1.10. The average molecular weight is 174 g/mol. The maximum absolute atomic E-state index is 10.8. The number of hydrazine groups is 1. The molecule has 0 aliphatic rings. The predicted molar refractivity (Wildman–Crippen MR) is 38.6 cm³/mol. The lowest BCUT2D eigenvalue weighted by Crippen LogP contribution is -2.41. The van der Waals surface area contributed by atoms with Crippen LogP contribution >= 0.6 is 0 Å². The number of aliphatic carboxylic acids is 1. The average Bonchev–Trinajstić information content (AvgIpc) is 1.98. The monoisotopic (exact) mass is 174 g/mol. The lowest BCUT2D eigenvalue weighted by Gasteiger charge is -2.10. The molecule has 0 unspecified atom stereocenters. The predicted octanol–water partition coefficient (Wildman–Crippen LogP) is -0.900. The van der Waals surface area contributed by atoms with E-state index in [4.69, 9.17) is 10.9 Å². The van der Waals surface area contributed by atoms with Gasteiger partial charge in [-0.1, -0.05) is 0 Å². The Hall–Kier alpha value is -1.43. The highest BCUT2D eigenvalue weighted by Crippen LogP contribution is 1.93. The smallest absolute Gasteiger partial charge is 0.303 e. The zero-order valence-electron chi connectivity index (χ0n) is 6.61. The molecule has 0 radical (unpaired) electrons. The molecule has 3 N–H and O–H groups in total. The van der Waals surface area contributed by atoms with E-state index >= 15 is 0 Å². The number of carboxylic acids is 1. The summed E-state index contributed by atoms with van der Waals surface area (Å²) in [6.45, 7) is 1.12. The van der Waals surface area contributed by atoms with Gasteiger partial charge < -0.3 is 5.11 Å². The molecule has 0 aromatic rings. The number of carboxylic acid groups (broad SMARTS) is 1. The van der Waals surface area contributed by atoms with E-state index < -0.39 is 17.8 Å². The van der Waals surface area contributed by atoms with Crippen LogP contribution in [0.5, 0.6) is 0 Å². The van der Waals surface area contributed by atoms with Crippen molar-refractivity contribution in [2.75, 3.05) is 0 Å². The van der Waals surface area contributed by atoms with Crippen LogP contribution in [0, 0.1) is 0 Å². The number of nitrogens with zero attached hydrogens (tertiary/aromatic N) is 1. The summed E-state index contributed by atoms with van der Waals surface area (Å²) in [6.07, 6.45) is -0.578. The van der Waals surface area contributed by atoms with Gasteiger partial charge in [0, 0.05) is 13.3 Å². The summed E-state index contributed by atoms with van der Waals surface area (Å²) in [5.74, 6) is 2.59. The van der Waals surface area contributed by atoms with Crippen molar-refractivity contribution in [2.45, 2.75) is 19.8 Å². The molecule has 68 valence electrons. The third-order valence-electron chi connectivity index (χ3n) is 1.16. The number of carbonyl (C=O) groups is 3. The molecule has 12 heavy (non-hydrogen) atoms. The van der Waals surface area contributed by atoms with Crippen molar-refractivity contribution in [1.82, 2.24) is 5.01 Å².